The van der Waals surface area contributed by atoms with E-state index in [4.69, 9.17) is 11.6 Å². The lowest BCUT2D eigenvalue weighted by Crippen LogP contribution is -2.49. The molecule has 1 atom stereocenters. The highest BCUT2D eigenvalue weighted by Gasteiger charge is 2.36. The zero-order valence-electron chi connectivity index (χ0n) is 17.5. The Morgan fingerprint density at radius 3 is 2.57 bits per heavy atom. The molecule has 162 valence electrons. The fourth-order valence-electron chi connectivity index (χ4n) is 4.25. The van der Waals surface area contributed by atoms with E-state index in [2.05, 4.69) is 41.4 Å². The van der Waals surface area contributed by atoms with Gasteiger partial charge in [0, 0.05) is 23.8 Å². The van der Waals surface area contributed by atoms with Crippen LogP contribution in [0, 0.1) is 17.3 Å². The minimum absolute atomic E-state index is 0.0877. The predicted octanol–water partition coefficient (Wildman–Crippen LogP) is 5.59. The standard InChI is InChI=1S/C22H28ClFN4O2/c1-22(2,3)20(28-21(29)30)13-7-9-14(10-8-13)26-19-11-15(16(23)12-25-19)17-5-4-6-18(24)27-17/h4-6,11-14,20,28H,7-10H2,1-3H3,(H,25,26)(H,29,30). The van der Waals surface area contributed by atoms with Gasteiger partial charge >= 0.3 is 6.09 Å². The maximum atomic E-state index is 13.5. The lowest BCUT2D eigenvalue weighted by atomic mass is 9.72. The first-order chi connectivity index (χ1) is 14.1. The van der Waals surface area contributed by atoms with Crippen LogP contribution >= 0.6 is 11.6 Å². The average molecular weight is 435 g/mol. The van der Waals surface area contributed by atoms with Crippen LogP contribution in [0.4, 0.5) is 15.0 Å². The van der Waals surface area contributed by atoms with Gasteiger partial charge in [0.25, 0.3) is 0 Å². The Hall–Kier alpha value is -2.41. The molecular formula is C22H28ClFN4O2. The number of pyridine rings is 2. The van der Waals surface area contributed by atoms with Crippen molar-refractivity contribution in [3.63, 3.8) is 0 Å². The average Bonchev–Trinajstić information content (AvgIpc) is 2.67. The summed E-state index contributed by atoms with van der Waals surface area (Å²) in [6.07, 6.45) is 4.24. The van der Waals surface area contributed by atoms with E-state index in [1.165, 1.54) is 6.07 Å². The van der Waals surface area contributed by atoms with Gasteiger partial charge in [-0.05, 0) is 55.2 Å². The number of nitrogens with zero attached hydrogens (tertiary/aromatic N) is 2. The SMILES string of the molecule is CC(C)(C)C(NC(=O)O)C1CCC(Nc2cc(-c3cccc(F)n3)c(Cl)cn2)CC1. The van der Waals surface area contributed by atoms with Crippen LogP contribution in [0.2, 0.25) is 5.02 Å². The highest BCUT2D eigenvalue weighted by molar-refractivity contribution is 6.33. The Labute approximate surface area is 181 Å². The fourth-order valence-corrected chi connectivity index (χ4v) is 4.45. The maximum Gasteiger partial charge on any atom is 0.404 e. The zero-order valence-corrected chi connectivity index (χ0v) is 18.2. The molecule has 3 rings (SSSR count). The second-order valence-corrected chi connectivity index (χ2v) is 9.35. The summed E-state index contributed by atoms with van der Waals surface area (Å²) in [4.78, 5) is 19.5. The quantitative estimate of drug-likeness (QED) is 0.534. The smallest absolute Gasteiger partial charge is 0.404 e. The molecule has 8 heteroatoms. The van der Waals surface area contributed by atoms with Crippen molar-refractivity contribution < 1.29 is 14.3 Å². The molecule has 6 nitrogen and oxygen atoms in total. The minimum Gasteiger partial charge on any atom is -0.465 e. The Bertz CT molecular complexity index is 895. The number of carbonyl (C=O) groups is 1. The van der Waals surface area contributed by atoms with E-state index in [-0.39, 0.29) is 17.5 Å². The van der Waals surface area contributed by atoms with Crippen LogP contribution in [0.25, 0.3) is 11.3 Å². The van der Waals surface area contributed by atoms with E-state index in [0.29, 0.717) is 28.0 Å². The van der Waals surface area contributed by atoms with Crippen molar-refractivity contribution in [2.24, 2.45) is 11.3 Å². The van der Waals surface area contributed by atoms with Gasteiger partial charge < -0.3 is 15.7 Å². The Kier molecular flexibility index (Phi) is 6.81. The first-order valence-corrected chi connectivity index (χ1v) is 10.6. The molecule has 1 aliphatic carbocycles. The van der Waals surface area contributed by atoms with E-state index >= 15 is 0 Å². The largest absolute Gasteiger partial charge is 0.465 e. The van der Waals surface area contributed by atoms with E-state index in [0.717, 1.165) is 25.7 Å². The minimum atomic E-state index is -0.973. The van der Waals surface area contributed by atoms with Crippen LogP contribution in [-0.2, 0) is 0 Å². The monoisotopic (exact) mass is 434 g/mol. The van der Waals surface area contributed by atoms with Crippen LogP contribution in [0.3, 0.4) is 0 Å². The van der Waals surface area contributed by atoms with Gasteiger partial charge in [-0.1, -0.05) is 38.4 Å². The molecule has 30 heavy (non-hydrogen) atoms. The molecule has 3 N–H and O–H groups in total. The Morgan fingerprint density at radius 2 is 1.97 bits per heavy atom. The molecule has 2 aromatic rings. The molecule has 0 spiro atoms. The molecule has 0 aromatic carbocycles. The summed E-state index contributed by atoms with van der Waals surface area (Å²) in [6.45, 7) is 6.20. The number of hydrogen-bond donors (Lipinski definition) is 3. The van der Waals surface area contributed by atoms with Crippen molar-refractivity contribution in [2.75, 3.05) is 5.32 Å². The predicted molar refractivity (Wildman–Crippen MR) is 116 cm³/mol. The van der Waals surface area contributed by atoms with Crippen molar-refractivity contribution in [1.82, 2.24) is 15.3 Å². The summed E-state index contributed by atoms with van der Waals surface area (Å²) < 4.78 is 13.5. The van der Waals surface area contributed by atoms with Gasteiger partial charge in [-0.2, -0.15) is 4.39 Å². The van der Waals surface area contributed by atoms with Gasteiger partial charge in [-0.15, -0.1) is 0 Å². The van der Waals surface area contributed by atoms with Crippen LogP contribution < -0.4 is 10.6 Å². The lowest BCUT2D eigenvalue weighted by Gasteiger charge is -2.40. The Morgan fingerprint density at radius 1 is 1.27 bits per heavy atom. The van der Waals surface area contributed by atoms with Crippen LogP contribution in [0.5, 0.6) is 0 Å². The van der Waals surface area contributed by atoms with E-state index < -0.39 is 12.0 Å². The first kappa shape index (κ1) is 22.3. The molecule has 1 aliphatic rings. The van der Waals surface area contributed by atoms with Crippen molar-refractivity contribution in [3.05, 3.63) is 41.4 Å². The van der Waals surface area contributed by atoms with Crippen LogP contribution in [0.1, 0.15) is 46.5 Å². The number of amides is 1. The number of carboxylic acid groups (broad SMARTS) is 1. The third-order valence-electron chi connectivity index (χ3n) is 5.65. The molecule has 0 radical (unpaired) electrons. The van der Waals surface area contributed by atoms with Gasteiger partial charge in [-0.3, -0.25) is 0 Å². The van der Waals surface area contributed by atoms with E-state index in [1.54, 1.807) is 24.4 Å². The molecule has 1 amide bonds. The summed E-state index contributed by atoms with van der Waals surface area (Å²) in [6, 6.07) is 6.53. The van der Waals surface area contributed by atoms with Crippen molar-refractivity contribution >= 4 is 23.5 Å². The second-order valence-electron chi connectivity index (χ2n) is 8.94. The second kappa shape index (κ2) is 9.16. The normalized spacial score (nSPS) is 20.4. The molecular weight excluding hydrogens is 407 g/mol. The van der Waals surface area contributed by atoms with Crippen LogP contribution in [0.15, 0.2) is 30.5 Å². The molecule has 0 saturated heterocycles. The number of halogens is 2. The summed E-state index contributed by atoms with van der Waals surface area (Å²) in [5, 5.41) is 15.8. The third-order valence-corrected chi connectivity index (χ3v) is 5.95. The molecule has 1 saturated carbocycles. The summed E-state index contributed by atoms with van der Waals surface area (Å²) >= 11 is 6.26. The molecule has 1 fully saturated rings. The van der Waals surface area contributed by atoms with Gasteiger partial charge in [0.1, 0.15) is 5.82 Å². The number of anilines is 1. The third kappa shape index (κ3) is 5.59. The van der Waals surface area contributed by atoms with Gasteiger partial charge in [-0.25, -0.2) is 14.8 Å². The first-order valence-electron chi connectivity index (χ1n) is 10.2. The van der Waals surface area contributed by atoms with E-state index in [9.17, 15) is 14.3 Å². The molecule has 0 bridgehead atoms. The molecule has 0 aliphatic heterocycles. The number of nitrogens with one attached hydrogen (secondary N) is 2. The Balaban J connectivity index is 1.66. The van der Waals surface area contributed by atoms with E-state index in [1.807, 2.05) is 0 Å². The highest BCUT2D eigenvalue weighted by Crippen LogP contribution is 2.36. The lowest BCUT2D eigenvalue weighted by molar-refractivity contribution is 0.134. The van der Waals surface area contributed by atoms with Gasteiger partial charge in [0.15, 0.2) is 0 Å². The van der Waals surface area contributed by atoms with Gasteiger partial charge in [0.05, 0.1) is 10.7 Å². The van der Waals surface area contributed by atoms with Crippen molar-refractivity contribution in [1.29, 1.82) is 0 Å². The fraction of sp³-hybridized carbons (Fsp3) is 0.500. The number of hydrogen-bond acceptors (Lipinski definition) is 4. The topological polar surface area (TPSA) is 87.1 Å². The molecule has 2 aromatic heterocycles. The number of rotatable bonds is 5. The zero-order chi connectivity index (χ0) is 21.9. The maximum absolute atomic E-state index is 13.5. The van der Waals surface area contributed by atoms with Crippen molar-refractivity contribution in [2.45, 2.75) is 58.5 Å². The number of aromatic nitrogens is 2. The van der Waals surface area contributed by atoms with Crippen LogP contribution in [-0.4, -0.2) is 33.3 Å². The van der Waals surface area contributed by atoms with Gasteiger partial charge in [0.2, 0.25) is 5.95 Å². The molecule has 1 unspecified atom stereocenters. The summed E-state index contributed by atoms with van der Waals surface area (Å²) in [5.74, 6) is 0.404. The molecule has 2 heterocycles. The summed E-state index contributed by atoms with van der Waals surface area (Å²) in [7, 11) is 0. The van der Waals surface area contributed by atoms with Crippen molar-refractivity contribution in [3.8, 4) is 11.3 Å². The summed E-state index contributed by atoms with van der Waals surface area (Å²) in [5.41, 5.74) is 0.941. The highest BCUT2D eigenvalue weighted by atomic mass is 35.5.